The standard InChI is InChI=1S/C24H19N3O2S/c28-22(15-30-24-25-19-10-4-3-9-18(19)23(29)26-24)27-20-11-5-1-7-16(20)13-14-17-8-2-6-12-21(17)27/h1-12H,13-15H2,(H,25,26,29). The van der Waals surface area contributed by atoms with E-state index < -0.39 is 0 Å². The number of amides is 1. The summed E-state index contributed by atoms with van der Waals surface area (Å²) in [6.07, 6.45) is 1.79. The number of thioether (sulfide) groups is 1. The third kappa shape index (κ3) is 3.39. The molecular formula is C24H19N3O2S. The first kappa shape index (κ1) is 18.6. The average Bonchev–Trinajstić information content (AvgIpc) is 2.94. The number of carbonyl (C=O) groups excluding carboxylic acids is 1. The zero-order valence-corrected chi connectivity index (χ0v) is 17.0. The molecule has 1 amide bonds. The molecule has 0 aliphatic carbocycles. The highest BCUT2D eigenvalue weighted by Gasteiger charge is 2.25. The average molecular weight is 414 g/mol. The van der Waals surface area contributed by atoms with Gasteiger partial charge in [-0.2, -0.15) is 0 Å². The molecule has 3 aromatic carbocycles. The Bertz CT molecular complexity index is 1270. The normalized spacial score (nSPS) is 12.9. The molecular weight excluding hydrogens is 394 g/mol. The highest BCUT2D eigenvalue weighted by Crippen LogP contribution is 2.36. The zero-order chi connectivity index (χ0) is 20.5. The maximum absolute atomic E-state index is 13.4. The number of rotatable bonds is 3. The molecule has 0 fully saturated rings. The molecule has 2 heterocycles. The fourth-order valence-electron chi connectivity index (χ4n) is 3.88. The van der Waals surface area contributed by atoms with Crippen molar-refractivity contribution in [2.75, 3.05) is 10.7 Å². The summed E-state index contributed by atoms with van der Waals surface area (Å²) in [6.45, 7) is 0. The minimum Gasteiger partial charge on any atom is -0.301 e. The SMILES string of the molecule is O=C(CSc1nc2ccccc2c(=O)[nH]1)N1c2ccccc2CCc2ccccc21. The van der Waals surface area contributed by atoms with Gasteiger partial charge in [0.05, 0.1) is 28.0 Å². The van der Waals surface area contributed by atoms with Crippen LogP contribution in [0.2, 0.25) is 0 Å². The van der Waals surface area contributed by atoms with Crippen LogP contribution in [-0.2, 0) is 17.6 Å². The van der Waals surface area contributed by atoms with Crippen LogP contribution in [0.3, 0.4) is 0 Å². The lowest BCUT2D eigenvalue weighted by Crippen LogP contribution is -2.28. The van der Waals surface area contributed by atoms with Crippen molar-refractivity contribution in [2.45, 2.75) is 18.0 Å². The molecule has 0 saturated heterocycles. The molecule has 6 heteroatoms. The van der Waals surface area contributed by atoms with Gasteiger partial charge in [0.25, 0.3) is 5.56 Å². The Kier molecular flexibility index (Phi) is 4.85. The van der Waals surface area contributed by atoms with Crippen LogP contribution in [0.25, 0.3) is 10.9 Å². The van der Waals surface area contributed by atoms with E-state index >= 15 is 0 Å². The van der Waals surface area contributed by atoms with Gasteiger partial charge in [0.1, 0.15) is 0 Å². The van der Waals surface area contributed by atoms with Gasteiger partial charge in [-0.25, -0.2) is 4.98 Å². The van der Waals surface area contributed by atoms with Crippen LogP contribution < -0.4 is 10.5 Å². The van der Waals surface area contributed by atoms with Crippen molar-refractivity contribution in [1.82, 2.24) is 9.97 Å². The van der Waals surface area contributed by atoms with Crippen LogP contribution in [0.5, 0.6) is 0 Å². The molecule has 0 spiro atoms. The van der Waals surface area contributed by atoms with E-state index in [1.165, 1.54) is 11.8 Å². The van der Waals surface area contributed by atoms with Gasteiger partial charge in [-0.15, -0.1) is 0 Å². The van der Waals surface area contributed by atoms with Gasteiger partial charge >= 0.3 is 0 Å². The fourth-order valence-corrected chi connectivity index (χ4v) is 4.59. The topological polar surface area (TPSA) is 66.1 Å². The van der Waals surface area contributed by atoms with Gasteiger partial charge in [0.15, 0.2) is 5.16 Å². The monoisotopic (exact) mass is 413 g/mol. The molecule has 4 aromatic rings. The number of aromatic nitrogens is 2. The highest BCUT2D eigenvalue weighted by molar-refractivity contribution is 7.99. The van der Waals surface area contributed by atoms with Gasteiger partial charge in [-0.05, 0) is 48.2 Å². The molecule has 148 valence electrons. The van der Waals surface area contributed by atoms with Crippen molar-refractivity contribution in [1.29, 1.82) is 0 Å². The number of nitrogens with one attached hydrogen (secondary N) is 1. The van der Waals surface area contributed by atoms with Crippen molar-refractivity contribution in [2.24, 2.45) is 0 Å². The third-order valence-corrected chi connectivity index (χ3v) is 6.16. The maximum Gasteiger partial charge on any atom is 0.259 e. The van der Waals surface area contributed by atoms with Gasteiger partial charge < -0.3 is 4.98 Å². The molecule has 0 bridgehead atoms. The van der Waals surface area contributed by atoms with Crippen molar-refractivity contribution >= 4 is 39.9 Å². The molecule has 5 rings (SSSR count). The second-order valence-corrected chi connectivity index (χ2v) is 8.13. The van der Waals surface area contributed by atoms with Gasteiger partial charge in [0, 0.05) is 0 Å². The van der Waals surface area contributed by atoms with E-state index in [-0.39, 0.29) is 17.2 Å². The lowest BCUT2D eigenvalue weighted by atomic mass is 10.0. The summed E-state index contributed by atoms with van der Waals surface area (Å²) in [5.74, 6) is 0.127. The van der Waals surface area contributed by atoms with E-state index in [0.29, 0.717) is 16.1 Å². The lowest BCUT2D eigenvalue weighted by Gasteiger charge is -2.24. The number of nitrogens with zero attached hydrogens (tertiary/aromatic N) is 2. The van der Waals surface area contributed by atoms with E-state index in [1.807, 2.05) is 53.4 Å². The molecule has 1 N–H and O–H groups in total. The lowest BCUT2D eigenvalue weighted by molar-refractivity contribution is -0.115. The molecule has 0 radical (unpaired) electrons. The highest BCUT2D eigenvalue weighted by atomic mass is 32.2. The first-order chi connectivity index (χ1) is 14.7. The van der Waals surface area contributed by atoms with E-state index in [4.69, 9.17) is 0 Å². The number of fused-ring (bicyclic) bond motifs is 3. The number of hydrogen-bond donors (Lipinski definition) is 1. The number of hydrogen-bond acceptors (Lipinski definition) is 4. The number of anilines is 2. The van der Waals surface area contributed by atoms with Gasteiger partial charge in [-0.3, -0.25) is 14.5 Å². The quantitative estimate of drug-likeness (QED) is 0.397. The molecule has 1 aromatic heterocycles. The minimum atomic E-state index is -0.194. The third-order valence-electron chi connectivity index (χ3n) is 5.30. The van der Waals surface area contributed by atoms with Gasteiger partial charge in [-0.1, -0.05) is 60.3 Å². The molecule has 1 aliphatic rings. The molecule has 30 heavy (non-hydrogen) atoms. The Balaban J connectivity index is 1.47. The maximum atomic E-state index is 13.4. The van der Waals surface area contributed by atoms with Crippen molar-refractivity contribution in [3.8, 4) is 0 Å². The van der Waals surface area contributed by atoms with Crippen LogP contribution >= 0.6 is 11.8 Å². The Labute approximate surface area is 177 Å². The fraction of sp³-hybridized carbons (Fsp3) is 0.125. The summed E-state index contributed by atoms with van der Waals surface area (Å²) in [4.78, 5) is 34.8. The molecule has 1 aliphatic heterocycles. The Morgan fingerprint density at radius 1 is 0.900 bits per heavy atom. The number of para-hydroxylation sites is 3. The summed E-state index contributed by atoms with van der Waals surface area (Å²) in [6, 6.07) is 23.3. The van der Waals surface area contributed by atoms with Crippen LogP contribution in [0.1, 0.15) is 11.1 Å². The van der Waals surface area contributed by atoms with Crippen LogP contribution in [0.15, 0.2) is 82.7 Å². The molecule has 0 saturated carbocycles. The van der Waals surface area contributed by atoms with E-state index in [9.17, 15) is 9.59 Å². The Morgan fingerprint density at radius 2 is 1.50 bits per heavy atom. The number of carbonyl (C=O) groups is 1. The Morgan fingerprint density at radius 3 is 2.20 bits per heavy atom. The van der Waals surface area contributed by atoms with E-state index in [0.717, 1.165) is 35.3 Å². The summed E-state index contributed by atoms with van der Waals surface area (Å²) in [5.41, 5.74) is 4.59. The molecule has 5 nitrogen and oxygen atoms in total. The number of aryl methyl sites for hydroxylation is 2. The summed E-state index contributed by atoms with van der Waals surface area (Å²) < 4.78 is 0. The largest absolute Gasteiger partial charge is 0.301 e. The van der Waals surface area contributed by atoms with Crippen LogP contribution in [0, 0.1) is 0 Å². The smallest absolute Gasteiger partial charge is 0.259 e. The van der Waals surface area contributed by atoms with E-state index in [1.54, 1.807) is 12.1 Å². The second kappa shape index (κ2) is 7.80. The number of H-pyrrole nitrogens is 1. The molecule has 0 unspecified atom stereocenters. The molecule has 0 atom stereocenters. The van der Waals surface area contributed by atoms with Gasteiger partial charge in [0.2, 0.25) is 5.91 Å². The summed E-state index contributed by atoms with van der Waals surface area (Å²) in [5, 5.41) is 0.993. The first-order valence-electron chi connectivity index (χ1n) is 9.81. The van der Waals surface area contributed by atoms with E-state index in [2.05, 4.69) is 22.1 Å². The predicted octanol–water partition coefficient (Wildman–Crippen LogP) is 4.48. The number of aromatic amines is 1. The number of benzene rings is 3. The van der Waals surface area contributed by atoms with Crippen molar-refractivity contribution < 1.29 is 4.79 Å². The zero-order valence-electron chi connectivity index (χ0n) is 16.2. The Hall–Kier alpha value is -3.38. The summed E-state index contributed by atoms with van der Waals surface area (Å²) >= 11 is 1.25. The first-order valence-corrected chi connectivity index (χ1v) is 10.8. The second-order valence-electron chi connectivity index (χ2n) is 7.16. The van der Waals surface area contributed by atoms with Crippen LogP contribution in [0.4, 0.5) is 11.4 Å². The summed E-state index contributed by atoms with van der Waals surface area (Å²) in [7, 11) is 0. The minimum absolute atomic E-state index is 0.0439. The van der Waals surface area contributed by atoms with Crippen LogP contribution in [-0.4, -0.2) is 21.6 Å². The van der Waals surface area contributed by atoms with Crippen molar-refractivity contribution in [3.05, 3.63) is 94.3 Å². The predicted molar refractivity (Wildman–Crippen MR) is 121 cm³/mol. The van der Waals surface area contributed by atoms with Crippen molar-refractivity contribution in [3.63, 3.8) is 0 Å².